The highest BCUT2D eigenvalue weighted by atomic mass is 14.4. The minimum absolute atomic E-state index is 0.591. The Kier molecular flexibility index (Phi) is 2.96. The minimum atomic E-state index is 0.591. The fourth-order valence-electron chi connectivity index (χ4n) is 3.69. The Hall–Kier alpha value is -0.260. The molecule has 2 aliphatic rings. The summed E-state index contributed by atoms with van der Waals surface area (Å²) in [6.45, 7) is 9.69. The van der Waals surface area contributed by atoms with Crippen molar-refractivity contribution in [3.8, 4) is 0 Å². The zero-order valence-electron chi connectivity index (χ0n) is 10.9. The molecule has 0 spiro atoms. The van der Waals surface area contributed by atoms with Crippen molar-refractivity contribution in [1.29, 1.82) is 0 Å². The summed E-state index contributed by atoms with van der Waals surface area (Å²) in [6, 6.07) is 0. The second kappa shape index (κ2) is 3.96. The molecule has 1 fully saturated rings. The average Bonchev–Trinajstić information content (AvgIpc) is 2.17. The van der Waals surface area contributed by atoms with Crippen LogP contribution >= 0.6 is 0 Å². The Morgan fingerprint density at radius 1 is 1.27 bits per heavy atom. The predicted octanol–water partition coefficient (Wildman–Crippen LogP) is 4.95. The summed E-state index contributed by atoms with van der Waals surface area (Å²) in [4.78, 5) is 0. The van der Waals surface area contributed by atoms with E-state index in [0.717, 1.165) is 11.8 Å². The fourth-order valence-corrected chi connectivity index (χ4v) is 3.69. The molecule has 1 saturated carbocycles. The Bertz CT molecular complexity index is 272. The van der Waals surface area contributed by atoms with Crippen molar-refractivity contribution in [3.05, 3.63) is 11.1 Å². The van der Waals surface area contributed by atoms with Gasteiger partial charge in [0.15, 0.2) is 0 Å². The van der Waals surface area contributed by atoms with Crippen molar-refractivity contribution in [3.63, 3.8) is 0 Å². The van der Waals surface area contributed by atoms with Gasteiger partial charge < -0.3 is 0 Å². The topological polar surface area (TPSA) is 0 Å². The molecule has 0 saturated heterocycles. The normalized spacial score (nSPS) is 37.0. The monoisotopic (exact) mass is 206 g/mol. The number of hydrogen-bond donors (Lipinski definition) is 0. The maximum atomic E-state index is 2.52. The molecule has 0 unspecified atom stereocenters. The Morgan fingerprint density at radius 2 is 2.00 bits per heavy atom. The molecule has 0 heterocycles. The second-order valence-corrected chi connectivity index (χ2v) is 6.42. The summed E-state index contributed by atoms with van der Waals surface area (Å²) in [6.07, 6.45) is 8.56. The van der Waals surface area contributed by atoms with Crippen LogP contribution < -0.4 is 0 Å². The molecule has 0 aromatic carbocycles. The van der Waals surface area contributed by atoms with Gasteiger partial charge in [-0.2, -0.15) is 0 Å². The molecule has 2 aliphatic carbocycles. The van der Waals surface area contributed by atoms with Crippen LogP contribution in [0, 0.1) is 17.3 Å². The molecule has 15 heavy (non-hydrogen) atoms. The van der Waals surface area contributed by atoms with Gasteiger partial charge in [0.2, 0.25) is 0 Å². The van der Waals surface area contributed by atoms with Gasteiger partial charge in [-0.25, -0.2) is 0 Å². The van der Waals surface area contributed by atoms with E-state index < -0.39 is 0 Å². The summed E-state index contributed by atoms with van der Waals surface area (Å²) in [7, 11) is 0. The molecule has 0 N–H and O–H groups in total. The summed E-state index contributed by atoms with van der Waals surface area (Å²) < 4.78 is 0. The Balaban J connectivity index is 2.22. The SMILES string of the molecule is CC1=C2C[C@H](C(C)C)CC[C@]2(C)CCC1. The lowest BCUT2D eigenvalue weighted by atomic mass is 9.60. The van der Waals surface area contributed by atoms with Gasteiger partial charge in [-0.1, -0.05) is 31.9 Å². The van der Waals surface area contributed by atoms with Crippen molar-refractivity contribution >= 4 is 0 Å². The van der Waals surface area contributed by atoms with E-state index in [0.29, 0.717) is 5.41 Å². The highest BCUT2D eigenvalue weighted by molar-refractivity contribution is 5.25. The lowest BCUT2D eigenvalue weighted by Crippen LogP contribution is -2.32. The first-order valence-electron chi connectivity index (χ1n) is 6.72. The van der Waals surface area contributed by atoms with Gasteiger partial charge in [-0.15, -0.1) is 0 Å². The molecule has 2 rings (SSSR count). The number of fused-ring (bicyclic) bond motifs is 1. The predicted molar refractivity (Wildman–Crippen MR) is 66.8 cm³/mol. The van der Waals surface area contributed by atoms with Crippen molar-refractivity contribution in [2.75, 3.05) is 0 Å². The molecule has 0 radical (unpaired) electrons. The molecule has 86 valence electrons. The van der Waals surface area contributed by atoms with Gasteiger partial charge in [-0.3, -0.25) is 0 Å². The first-order valence-corrected chi connectivity index (χ1v) is 6.72. The van der Waals surface area contributed by atoms with E-state index in [1.54, 1.807) is 5.57 Å². The van der Waals surface area contributed by atoms with Crippen molar-refractivity contribution < 1.29 is 0 Å². The lowest BCUT2D eigenvalue weighted by molar-refractivity contribution is 0.187. The number of allylic oxidation sites excluding steroid dienone is 2. The zero-order chi connectivity index (χ0) is 11.1. The van der Waals surface area contributed by atoms with Crippen LogP contribution in [-0.4, -0.2) is 0 Å². The maximum absolute atomic E-state index is 2.52. The summed E-state index contributed by atoms with van der Waals surface area (Å²) in [5, 5.41) is 0. The first kappa shape index (κ1) is 11.2. The van der Waals surface area contributed by atoms with Crippen LogP contribution in [0.1, 0.15) is 66.2 Å². The van der Waals surface area contributed by atoms with Gasteiger partial charge in [0, 0.05) is 0 Å². The zero-order valence-corrected chi connectivity index (χ0v) is 10.9. The van der Waals surface area contributed by atoms with Crippen LogP contribution in [0.25, 0.3) is 0 Å². The van der Waals surface area contributed by atoms with Gasteiger partial charge in [0.05, 0.1) is 0 Å². The molecule has 0 bridgehead atoms. The Labute approximate surface area is 95.1 Å². The number of hydrogen-bond acceptors (Lipinski definition) is 0. The third kappa shape index (κ3) is 2.00. The Morgan fingerprint density at radius 3 is 2.67 bits per heavy atom. The molecule has 2 atom stereocenters. The molecular formula is C15H26. The van der Waals surface area contributed by atoms with Crippen molar-refractivity contribution in [2.24, 2.45) is 17.3 Å². The van der Waals surface area contributed by atoms with Gasteiger partial charge in [-0.05, 0) is 62.7 Å². The molecular weight excluding hydrogens is 180 g/mol. The molecule has 0 aliphatic heterocycles. The standard InChI is InChI=1S/C15H26/c1-11(2)13-7-9-15(4)8-5-6-12(3)14(15)10-13/h11,13H,5-10H2,1-4H3/t13-,15+/m1/s1. The lowest BCUT2D eigenvalue weighted by Gasteiger charge is -2.45. The van der Waals surface area contributed by atoms with E-state index in [2.05, 4.69) is 27.7 Å². The smallest absolute Gasteiger partial charge is 0.0113 e. The average molecular weight is 206 g/mol. The van der Waals surface area contributed by atoms with Gasteiger partial charge >= 0.3 is 0 Å². The first-order chi connectivity index (χ1) is 7.03. The third-order valence-corrected chi connectivity index (χ3v) is 5.00. The van der Waals surface area contributed by atoms with Crippen LogP contribution in [0.2, 0.25) is 0 Å². The molecule has 0 nitrogen and oxygen atoms in total. The summed E-state index contributed by atoms with van der Waals surface area (Å²) in [5.74, 6) is 1.83. The van der Waals surface area contributed by atoms with E-state index >= 15 is 0 Å². The quantitative estimate of drug-likeness (QED) is 0.532. The van der Waals surface area contributed by atoms with Crippen LogP contribution in [-0.2, 0) is 0 Å². The van der Waals surface area contributed by atoms with Crippen LogP contribution in [0.3, 0.4) is 0 Å². The molecule has 0 heteroatoms. The van der Waals surface area contributed by atoms with E-state index in [-0.39, 0.29) is 0 Å². The van der Waals surface area contributed by atoms with Crippen LogP contribution in [0.4, 0.5) is 0 Å². The van der Waals surface area contributed by atoms with E-state index in [4.69, 9.17) is 0 Å². The molecule has 0 aromatic rings. The van der Waals surface area contributed by atoms with Crippen molar-refractivity contribution in [1.82, 2.24) is 0 Å². The van der Waals surface area contributed by atoms with Crippen LogP contribution in [0.15, 0.2) is 11.1 Å². The highest BCUT2D eigenvalue weighted by Crippen LogP contribution is 2.52. The van der Waals surface area contributed by atoms with Gasteiger partial charge in [0.25, 0.3) is 0 Å². The van der Waals surface area contributed by atoms with E-state index in [1.165, 1.54) is 38.5 Å². The fraction of sp³-hybridized carbons (Fsp3) is 0.867. The molecule has 0 amide bonds. The maximum Gasteiger partial charge on any atom is -0.0113 e. The number of rotatable bonds is 1. The highest BCUT2D eigenvalue weighted by Gasteiger charge is 2.38. The third-order valence-electron chi connectivity index (χ3n) is 5.00. The largest absolute Gasteiger partial charge is 0.0736 e. The van der Waals surface area contributed by atoms with Crippen molar-refractivity contribution in [2.45, 2.75) is 66.2 Å². The van der Waals surface area contributed by atoms with Crippen LogP contribution in [0.5, 0.6) is 0 Å². The second-order valence-electron chi connectivity index (χ2n) is 6.42. The van der Waals surface area contributed by atoms with Gasteiger partial charge in [0.1, 0.15) is 0 Å². The van der Waals surface area contributed by atoms with E-state index in [9.17, 15) is 0 Å². The van der Waals surface area contributed by atoms with E-state index in [1.807, 2.05) is 5.57 Å². The summed E-state index contributed by atoms with van der Waals surface area (Å²) in [5.41, 5.74) is 4.17. The minimum Gasteiger partial charge on any atom is -0.0736 e. The molecule has 0 aromatic heterocycles. The summed E-state index contributed by atoms with van der Waals surface area (Å²) >= 11 is 0.